The Morgan fingerprint density at radius 2 is 1.68 bits per heavy atom. The highest BCUT2D eigenvalue weighted by Crippen LogP contribution is 2.27. The molecular formula is C17H25F2N3. The summed E-state index contributed by atoms with van der Waals surface area (Å²) in [6, 6.07) is 4.56. The topological polar surface area (TPSA) is 18.5 Å². The van der Waals surface area contributed by atoms with Crippen molar-refractivity contribution in [1.82, 2.24) is 15.1 Å². The first-order valence-corrected chi connectivity index (χ1v) is 8.36. The smallest absolute Gasteiger partial charge is 0.159 e. The van der Waals surface area contributed by atoms with Gasteiger partial charge in [-0.05, 0) is 43.6 Å². The second-order valence-electron chi connectivity index (χ2n) is 6.34. The first kappa shape index (κ1) is 15.8. The Morgan fingerprint density at radius 3 is 2.36 bits per heavy atom. The highest BCUT2D eigenvalue weighted by molar-refractivity contribution is 5.22. The second kappa shape index (κ2) is 7.49. The Bertz CT molecular complexity index is 483. The van der Waals surface area contributed by atoms with Crippen molar-refractivity contribution in [2.75, 3.05) is 45.8 Å². The van der Waals surface area contributed by atoms with E-state index in [0.29, 0.717) is 0 Å². The molecule has 2 fully saturated rings. The van der Waals surface area contributed by atoms with E-state index in [1.165, 1.54) is 31.4 Å². The number of nitrogens with one attached hydrogen (secondary N) is 1. The zero-order chi connectivity index (χ0) is 15.4. The van der Waals surface area contributed by atoms with Crippen molar-refractivity contribution >= 4 is 0 Å². The predicted octanol–water partition coefficient (Wildman–Crippen LogP) is 2.40. The number of hydrogen-bond acceptors (Lipinski definition) is 3. The maximum Gasteiger partial charge on any atom is 0.159 e. The highest BCUT2D eigenvalue weighted by atomic mass is 19.2. The molecule has 122 valence electrons. The van der Waals surface area contributed by atoms with Gasteiger partial charge >= 0.3 is 0 Å². The number of nitrogens with zero attached hydrogens (tertiary/aromatic N) is 2. The molecule has 0 bridgehead atoms. The normalized spacial score (nSPS) is 22.6. The van der Waals surface area contributed by atoms with Gasteiger partial charge in [0.15, 0.2) is 11.6 Å². The summed E-state index contributed by atoms with van der Waals surface area (Å²) in [6.45, 7) is 7.05. The zero-order valence-corrected chi connectivity index (χ0v) is 13.0. The lowest BCUT2D eigenvalue weighted by molar-refractivity contribution is 0.111. The van der Waals surface area contributed by atoms with Crippen LogP contribution in [0.15, 0.2) is 18.2 Å². The van der Waals surface area contributed by atoms with Crippen molar-refractivity contribution in [3.63, 3.8) is 0 Å². The number of piperidine rings is 1. The molecule has 2 aliphatic rings. The van der Waals surface area contributed by atoms with E-state index in [-0.39, 0.29) is 6.04 Å². The van der Waals surface area contributed by atoms with E-state index in [4.69, 9.17) is 0 Å². The lowest BCUT2D eigenvalue weighted by Gasteiger charge is -2.39. The third-order valence-corrected chi connectivity index (χ3v) is 4.80. The monoisotopic (exact) mass is 309 g/mol. The lowest BCUT2D eigenvalue weighted by Crippen LogP contribution is -2.48. The van der Waals surface area contributed by atoms with Gasteiger partial charge in [0.25, 0.3) is 0 Å². The molecule has 0 radical (unpaired) electrons. The Kier molecular flexibility index (Phi) is 5.39. The molecule has 1 aromatic carbocycles. The van der Waals surface area contributed by atoms with Gasteiger partial charge in [0.1, 0.15) is 0 Å². The molecule has 2 saturated heterocycles. The maximum absolute atomic E-state index is 13.7. The van der Waals surface area contributed by atoms with Crippen molar-refractivity contribution < 1.29 is 8.78 Å². The van der Waals surface area contributed by atoms with Crippen molar-refractivity contribution in [3.05, 3.63) is 35.4 Å². The van der Waals surface area contributed by atoms with Crippen molar-refractivity contribution in [3.8, 4) is 0 Å². The summed E-state index contributed by atoms with van der Waals surface area (Å²) >= 11 is 0. The molecule has 1 aromatic rings. The highest BCUT2D eigenvalue weighted by Gasteiger charge is 2.26. The number of benzene rings is 1. The quantitative estimate of drug-likeness (QED) is 0.921. The van der Waals surface area contributed by atoms with Crippen LogP contribution in [0.5, 0.6) is 0 Å². The zero-order valence-electron chi connectivity index (χ0n) is 13.0. The number of hydrogen-bond donors (Lipinski definition) is 1. The third kappa shape index (κ3) is 3.83. The molecule has 3 rings (SSSR count). The fourth-order valence-electron chi connectivity index (χ4n) is 3.52. The lowest BCUT2D eigenvalue weighted by atomic mass is 10.0. The summed E-state index contributed by atoms with van der Waals surface area (Å²) in [5.74, 6) is -1.50. The van der Waals surface area contributed by atoms with Crippen LogP contribution in [-0.4, -0.2) is 55.6 Å². The summed E-state index contributed by atoms with van der Waals surface area (Å²) < 4.78 is 26.9. The molecule has 1 N–H and O–H groups in total. The Balaban J connectivity index is 1.78. The molecule has 3 nitrogen and oxygen atoms in total. The minimum atomic E-state index is -0.761. The van der Waals surface area contributed by atoms with Crippen LogP contribution < -0.4 is 5.32 Å². The van der Waals surface area contributed by atoms with E-state index in [1.807, 2.05) is 0 Å². The third-order valence-electron chi connectivity index (χ3n) is 4.80. The van der Waals surface area contributed by atoms with Crippen molar-refractivity contribution in [2.24, 2.45) is 0 Å². The Morgan fingerprint density at radius 1 is 0.955 bits per heavy atom. The molecule has 0 amide bonds. The van der Waals surface area contributed by atoms with E-state index >= 15 is 0 Å². The van der Waals surface area contributed by atoms with Crippen LogP contribution in [-0.2, 0) is 0 Å². The second-order valence-corrected chi connectivity index (χ2v) is 6.34. The molecule has 5 heteroatoms. The van der Waals surface area contributed by atoms with Crippen LogP contribution in [0, 0.1) is 11.6 Å². The van der Waals surface area contributed by atoms with Gasteiger partial charge in [-0.2, -0.15) is 0 Å². The van der Waals surface area contributed by atoms with Gasteiger partial charge in [-0.1, -0.05) is 12.5 Å². The average molecular weight is 309 g/mol. The number of likely N-dealkylation sites (tertiary alicyclic amines) is 1. The van der Waals surface area contributed by atoms with E-state index in [1.54, 1.807) is 6.07 Å². The van der Waals surface area contributed by atoms with Crippen LogP contribution in [0.3, 0.4) is 0 Å². The first-order chi connectivity index (χ1) is 10.7. The van der Waals surface area contributed by atoms with E-state index in [0.717, 1.165) is 51.4 Å². The van der Waals surface area contributed by atoms with Crippen molar-refractivity contribution in [2.45, 2.75) is 25.3 Å². The first-order valence-electron chi connectivity index (χ1n) is 8.36. The van der Waals surface area contributed by atoms with Gasteiger partial charge in [0, 0.05) is 38.8 Å². The van der Waals surface area contributed by atoms with E-state index in [2.05, 4.69) is 15.1 Å². The molecule has 0 aliphatic carbocycles. The fourth-order valence-corrected chi connectivity index (χ4v) is 3.52. The van der Waals surface area contributed by atoms with E-state index in [9.17, 15) is 8.78 Å². The number of piperazine rings is 1. The van der Waals surface area contributed by atoms with Gasteiger partial charge < -0.3 is 5.32 Å². The van der Waals surface area contributed by atoms with E-state index < -0.39 is 11.6 Å². The molecular weight excluding hydrogens is 284 g/mol. The molecule has 2 heterocycles. The Hall–Kier alpha value is -1.04. The van der Waals surface area contributed by atoms with Gasteiger partial charge in [-0.25, -0.2) is 8.78 Å². The van der Waals surface area contributed by atoms with Crippen LogP contribution in [0.1, 0.15) is 30.9 Å². The molecule has 1 atom stereocenters. The SMILES string of the molecule is Fc1ccc(C(CN2CCNCC2)N2CCCCC2)cc1F. The molecule has 2 aliphatic heterocycles. The van der Waals surface area contributed by atoms with Crippen molar-refractivity contribution in [1.29, 1.82) is 0 Å². The van der Waals surface area contributed by atoms with Gasteiger partial charge in [0.05, 0.1) is 0 Å². The van der Waals surface area contributed by atoms with Crippen LogP contribution in [0.4, 0.5) is 8.78 Å². The fraction of sp³-hybridized carbons (Fsp3) is 0.647. The van der Waals surface area contributed by atoms with Gasteiger partial charge in [-0.15, -0.1) is 0 Å². The van der Waals surface area contributed by atoms with Gasteiger partial charge in [-0.3, -0.25) is 9.80 Å². The molecule has 1 unspecified atom stereocenters. The van der Waals surface area contributed by atoms with Crippen LogP contribution >= 0.6 is 0 Å². The summed E-state index contributed by atoms with van der Waals surface area (Å²) in [7, 11) is 0. The number of halogens is 2. The minimum absolute atomic E-state index is 0.161. The maximum atomic E-state index is 13.7. The predicted molar refractivity (Wildman–Crippen MR) is 83.8 cm³/mol. The largest absolute Gasteiger partial charge is 0.314 e. The van der Waals surface area contributed by atoms with Gasteiger partial charge in [0.2, 0.25) is 0 Å². The molecule has 0 saturated carbocycles. The van der Waals surface area contributed by atoms with Crippen LogP contribution in [0.25, 0.3) is 0 Å². The molecule has 0 aromatic heterocycles. The standard InChI is InChI=1S/C17H25F2N3/c18-15-5-4-14(12-16(15)19)17(22-8-2-1-3-9-22)13-21-10-6-20-7-11-21/h4-5,12,17,20H,1-3,6-11,13H2. The summed E-state index contributed by atoms with van der Waals surface area (Å²) in [5.41, 5.74) is 0.902. The number of rotatable bonds is 4. The molecule has 22 heavy (non-hydrogen) atoms. The summed E-state index contributed by atoms with van der Waals surface area (Å²) in [4.78, 5) is 4.87. The Labute approximate surface area is 131 Å². The molecule has 0 spiro atoms. The average Bonchev–Trinajstić information content (AvgIpc) is 2.57. The summed E-state index contributed by atoms with van der Waals surface area (Å²) in [5, 5.41) is 3.36. The summed E-state index contributed by atoms with van der Waals surface area (Å²) in [6.07, 6.45) is 3.66. The minimum Gasteiger partial charge on any atom is -0.314 e. The van der Waals surface area contributed by atoms with Crippen LogP contribution in [0.2, 0.25) is 0 Å².